The highest BCUT2D eigenvalue weighted by atomic mass is 35.5. The van der Waals surface area contributed by atoms with Gasteiger partial charge < -0.3 is 5.32 Å². The van der Waals surface area contributed by atoms with Crippen LogP contribution < -0.4 is 5.32 Å². The normalized spacial score (nSPS) is 12.2. The molecular weight excluding hydrogens is 198 g/mol. The van der Waals surface area contributed by atoms with Crippen LogP contribution in [0, 0.1) is 18.3 Å². The molecule has 1 unspecified atom stereocenters. The van der Waals surface area contributed by atoms with E-state index in [9.17, 15) is 0 Å². The molecule has 4 heteroatoms. The van der Waals surface area contributed by atoms with Gasteiger partial charge >= 0.3 is 0 Å². The van der Waals surface area contributed by atoms with Crippen molar-refractivity contribution in [3.8, 4) is 12.3 Å². The van der Waals surface area contributed by atoms with E-state index in [1.807, 2.05) is 13.8 Å². The van der Waals surface area contributed by atoms with Crippen molar-refractivity contribution in [1.82, 2.24) is 10.2 Å². The Morgan fingerprint density at radius 2 is 2.14 bits per heavy atom. The average Bonchev–Trinajstić information content (AvgIpc) is 2.16. The molecule has 0 saturated heterocycles. The second kappa shape index (κ2) is 4.83. The van der Waals surface area contributed by atoms with E-state index in [4.69, 9.17) is 18.0 Å². The van der Waals surface area contributed by atoms with Gasteiger partial charge in [0.2, 0.25) is 0 Å². The highest BCUT2D eigenvalue weighted by molar-refractivity contribution is 6.29. The highest BCUT2D eigenvalue weighted by Gasteiger charge is 2.09. The predicted molar refractivity (Wildman–Crippen MR) is 58.1 cm³/mol. The number of nitrogens with zero attached hydrogens (tertiary/aromatic N) is 2. The van der Waals surface area contributed by atoms with Crippen molar-refractivity contribution in [2.24, 2.45) is 5.92 Å². The van der Waals surface area contributed by atoms with Crippen molar-refractivity contribution in [3.63, 3.8) is 0 Å². The summed E-state index contributed by atoms with van der Waals surface area (Å²) in [7, 11) is 0. The smallest absolute Gasteiger partial charge is 0.151 e. The molecule has 0 amide bonds. The van der Waals surface area contributed by atoms with Gasteiger partial charge in [-0.05, 0) is 18.1 Å². The molecule has 0 aliphatic heterocycles. The zero-order valence-corrected chi connectivity index (χ0v) is 8.92. The highest BCUT2D eigenvalue weighted by Crippen LogP contribution is 2.10. The standard InChI is InChI=1S/C10H12ClN3/c1-4-8(7(2)3)12-10-6-5-9(11)13-14-10/h1,5-8H,2-3H3,(H,12,14). The first-order valence-corrected chi connectivity index (χ1v) is 4.73. The lowest BCUT2D eigenvalue weighted by Gasteiger charge is -2.16. The molecular formula is C10H12ClN3. The third kappa shape index (κ3) is 2.90. The lowest BCUT2D eigenvalue weighted by atomic mass is 10.1. The molecule has 74 valence electrons. The van der Waals surface area contributed by atoms with E-state index in [1.54, 1.807) is 12.1 Å². The number of hydrogen-bond donors (Lipinski definition) is 1. The maximum absolute atomic E-state index is 5.60. The first-order valence-electron chi connectivity index (χ1n) is 4.35. The Hall–Kier alpha value is -1.27. The van der Waals surface area contributed by atoms with Crippen LogP contribution in [-0.2, 0) is 0 Å². The fourth-order valence-corrected chi connectivity index (χ4v) is 1.05. The number of rotatable bonds is 3. The lowest BCUT2D eigenvalue weighted by molar-refractivity contribution is 0.611. The molecule has 0 aromatic carbocycles. The number of terminal acetylenes is 1. The van der Waals surface area contributed by atoms with Crippen LogP contribution in [0.25, 0.3) is 0 Å². The van der Waals surface area contributed by atoms with E-state index in [1.165, 1.54) is 0 Å². The zero-order valence-electron chi connectivity index (χ0n) is 8.16. The predicted octanol–water partition coefficient (Wildman–Crippen LogP) is 2.20. The molecule has 1 aromatic rings. The molecule has 14 heavy (non-hydrogen) atoms. The largest absolute Gasteiger partial charge is 0.355 e. The SMILES string of the molecule is C#CC(Nc1ccc(Cl)nn1)C(C)C. The Bertz CT molecular complexity index is 326. The van der Waals surface area contributed by atoms with Crippen molar-refractivity contribution in [2.75, 3.05) is 5.32 Å². The molecule has 1 atom stereocenters. The van der Waals surface area contributed by atoms with Crippen LogP contribution in [0.3, 0.4) is 0 Å². The van der Waals surface area contributed by atoms with Crippen LogP contribution in [-0.4, -0.2) is 16.2 Å². The van der Waals surface area contributed by atoms with E-state index in [-0.39, 0.29) is 6.04 Å². The van der Waals surface area contributed by atoms with Crippen LogP contribution in [0.2, 0.25) is 5.15 Å². The van der Waals surface area contributed by atoms with Gasteiger partial charge in [0, 0.05) is 0 Å². The monoisotopic (exact) mass is 209 g/mol. The van der Waals surface area contributed by atoms with E-state index < -0.39 is 0 Å². The molecule has 3 nitrogen and oxygen atoms in total. The number of aromatic nitrogens is 2. The molecule has 0 aliphatic rings. The van der Waals surface area contributed by atoms with Crippen molar-refractivity contribution in [1.29, 1.82) is 0 Å². The van der Waals surface area contributed by atoms with E-state index in [0.717, 1.165) is 0 Å². The molecule has 0 spiro atoms. The summed E-state index contributed by atoms with van der Waals surface area (Å²) in [5.74, 6) is 3.64. The van der Waals surface area contributed by atoms with Gasteiger partial charge in [0.1, 0.15) is 5.82 Å². The van der Waals surface area contributed by atoms with E-state index >= 15 is 0 Å². The first kappa shape index (κ1) is 10.8. The molecule has 0 bridgehead atoms. The summed E-state index contributed by atoms with van der Waals surface area (Å²) in [6.45, 7) is 4.09. The molecule has 0 radical (unpaired) electrons. The summed E-state index contributed by atoms with van der Waals surface area (Å²) in [6.07, 6.45) is 5.36. The third-order valence-electron chi connectivity index (χ3n) is 1.78. The van der Waals surface area contributed by atoms with E-state index in [0.29, 0.717) is 16.9 Å². The molecule has 0 fully saturated rings. The van der Waals surface area contributed by atoms with E-state index in [2.05, 4.69) is 21.4 Å². The Labute approximate surface area is 88.9 Å². The first-order chi connectivity index (χ1) is 6.63. The van der Waals surface area contributed by atoms with Gasteiger partial charge in [-0.2, -0.15) is 0 Å². The molecule has 1 aromatic heterocycles. The zero-order chi connectivity index (χ0) is 10.6. The minimum atomic E-state index is -0.0366. The quantitative estimate of drug-likeness (QED) is 0.776. The molecule has 0 saturated carbocycles. The average molecular weight is 210 g/mol. The number of anilines is 1. The molecule has 1 N–H and O–H groups in total. The van der Waals surface area contributed by atoms with Crippen molar-refractivity contribution in [2.45, 2.75) is 19.9 Å². The summed E-state index contributed by atoms with van der Waals surface area (Å²) in [6, 6.07) is 3.39. The fraction of sp³-hybridized carbons (Fsp3) is 0.400. The topological polar surface area (TPSA) is 37.8 Å². The Kier molecular flexibility index (Phi) is 3.73. The second-order valence-electron chi connectivity index (χ2n) is 3.27. The van der Waals surface area contributed by atoms with Crippen LogP contribution in [0.1, 0.15) is 13.8 Å². The lowest BCUT2D eigenvalue weighted by Crippen LogP contribution is -2.24. The number of nitrogens with one attached hydrogen (secondary N) is 1. The van der Waals surface area contributed by atoms with Gasteiger partial charge in [0.15, 0.2) is 5.15 Å². The van der Waals surface area contributed by atoms with Crippen LogP contribution >= 0.6 is 11.6 Å². The van der Waals surface area contributed by atoms with Gasteiger partial charge in [0.05, 0.1) is 6.04 Å². The van der Waals surface area contributed by atoms with Gasteiger partial charge in [-0.3, -0.25) is 0 Å². The summed E-state index contributed by atoms with van der Waals surface area (Å²) >= 11 is 5.60. The Balaban J connectivity index is 2.69. The van der Waals surface area contributed by atoms with Crippen molar-refractivity contribution >= 4 is 17.4 Å². The van der Waals surface area contributed by atoms with Crippen LogP contribution in [0.15, 0.2) is 12.1 Å². The van der Waals surface area contributed by atoms with Crippen molar-refractivity contribution < 1.29 is 0 Å². The molecule has 0 aliphatic carbocycles. The van der Waals surface area contributed by atoms with Gasteiger partial charge in [-0.25, -0.2) is 0 Å². The summed E-state index contributed by atoms with van der Waals surface area (Å²) < 4.78 is 0. The third-order valence-corrected chi connectivity index (χ3v) is 1.98. The molecule has 1 rings (SSSR count). The Morgan fingerprint density at radius 3 is 2.57 bits per heavy atom. The van der Waals surface area contributed by atoms with Crippen LogP contribution in [0.5, 0.6) is 0 Å². The van der Waals surface area contributed by atoms with Gasteiger partial charge in [0.25, 0.3) is 0 Å². The summed E-state index contributed by atoms with van der Waals surface area (Å²) in [5.41, 5.74) is 0. The minimum absolute atomic E-state index is 0.0366. The van der Waals surface area contributed by atoms with Gasteiger partial charge in [-0.15, -0.1) is 16.6 Å². The Morgan fingerprint density at radius 1 is 1.43 bits per heavy atom. The van der Waals surface area contributed by atoms with Gasteiger partial charge in [-0.1, -0.05) is 31.4 Å². The maximum atomic E-state index is 5.60. The summed E-state index contributed by atoms with van der Waals surface area (Å²) in [4.78, 5) is 0. The van der Waals surface area contributed by atoms with Crippen LogP contribution in [0.4, 0.5) is 5.82 Å². The number of hydrogen-bond acceptors (Lipinski definition) is 3. The maximum Gasteiger partial charge on any atom is 0.151 e. The second-order valence-corrected chi connectivity index (χ2v) is 3.66. The number of halogens is 1. The van der Waals surface area contributed by atoms with Crippen molar-refractivity contribution in [3.05, 3.63) is 17.3 Å². The summed E-state index contributed by atoms with van der Waals surface area (Å²) in [5, 5.41) is 11.0. The molecule has 1 heterocycles. The fourth-order valence-electron chi connectivity index (χ4n) is 0.953. The minimum Gasteiger partial charge on any atom is -0.355 e.